The molecule has 0 saturated heterocycles. The number of methoxy groups -OCH3 is 2. The molecule has 2 aliphatic carbocycles. The van der Waals surface area contributed by atoms with Crippen molar-refractivity contribution in [1.82, 2.24) is 0 Å². The second kappa shape index (κ2) is 5.68. The zero-order valence-corrected chi connectivity index (χ0v) is 16.8. The fourth-order valence-corrected chi connectivity index (χ4v) is 5.32. The maximum atomic E-state index is 12.9. The average Bonchev–Trinajstić information content (AvgIpc) is 3.05. The smallest absolute Gasteiger partial charge is 0.165 e. The van der Waals surface area contributed by atoms with Gasteiger partial charge in [-0.25, -0.2) is 0 Å². The third kappa shape index (κ3) is 2.10. The van der Waals surface area contributed by atoms with Gasteiger partial charge >= 0.3 is 0 Å². The number of benzene rings is 2. The number of hydrogen-bond donors (Lipinski definition) is 0. The van der Waals surface area contributed by atoms with Gasteiger partial charge in [0.05, 0.1) is 14.2 Å². The molecule has 25 heavy (non-hydrogen) atoms. The van der Waals surface area contributed by atoms with Gasteiger partial charge < -0.3 is 9.47 Å². The van der Waals surface area contributed by atoms with Crippen molar-refractivity contribution in [3.8, 4) is 11.5 Å². The maximum absolute atomic E-state index is 12.9. The van der Waals surface area contributed by atoms with Crippen molar-refractivity contribution in [2.45, 2.75) is 18.3 Å². The van der Waals surface area contributed by atoms with Crippen LogP contribution in [0.3, 0.4) is 0 Å². The fraction of sp³-hybridized carbons (Fsp3) is 0.263. The second-order valence-corrected chi connectivity index (χ2v) is 7.99. The first kappa shape index (κ1) is 16.8. The molecule has 2 aromatic carbocycles. The first-order chi connectivity index (χ1) is 11.9. The van der Waals surface area contributed by atoms with Gasteiger partial charge in [-0.1, -0.05) is 31.9 Å². The molecule has 0 aromatic heterocycles. The Balaban J connectivity index is 2.13. The van der Waals surface area contributed by atoms with Crippen molar-refractivity contribution in [2.24, 2.45) is 0 Å². The van der Waals surface area contributed by atoms with Gasteiger partial charge in [0.2, 0.25) is 0 Å². The molecule has 2 aliphatic rings. The molecule has 128 valence electrons. The lowest BCUT2D eigenvalue weighted by atomic mass is 9.75. The first-order valence-corrected chi connectivity index (χ1v) is 9.33. The number of halogens is 2. The van der Waals surface area contributed by atoms with Crippen LogP contribution in [0.25, 0.3) is 0 Å². The summed E-state index contributed by atoms with van der Waals surface area (Å²) >= 11 is 6.97. The molecule has 6 heteroatoms. The highest BCUT2D eigenvalue weighted by molar-refractivity contribution is 9.10. The van der Waals surface area contributed by atoms with E-state index in [1.54, 1.807) is 14.2 Å². The van der Waals surface area contributed by atoms with E-state index in [-0.39, 0.29) is 24.4 Å². The summed E-state index contributed by atoms with van der Waals surface area (Å²) in [4.78, 5) is 25.7. The molecule has 0 atom stereocenters. The average molecular weight is 466 g/mol. The van der Waals surface area contributed by atoms with E-state index >= 15 is 0 Å². The predicted molar refractivity (Wildman–Crippen MR) is 100 cm³/mol. The summed E-state index contributed by atoms with van der Waals surface area (Å²) in [5.41, 5.74) is 2.00. The summed E-state index contributed by atoms with van der Waals surface area (Å²) in [5.74, 6) is 1.24. The Hall–Kier alpha value is -1.66. The lowest BCUT2D eigenvalue weighted by molar-refractivity contribution is 0.0957. The van der Waals surface area contributed by atoms with Crippen LogP contribution in [0.1, 0.15) is 44.7 Å². The van der Waals surface area contributed by atoms with Gasteiger partial charge in [0.25, 0.3) is 0 Å². The van der Waals surface area contributed by atoms with Gasteiger partial charge in [0.1, 0.15) is 11.5 Å². The van der Waals surface area contributed by atoms with E-state index in [1.807, 2.05) is 24.3 Å². The third-order valence-electron chi connectivity index (χ3n) is 5.11. The van der Waals surface area contributed by atoms with E-state index < -0.39 is 5.41 Å². The van der Waals surface area contributed by atoms with Crippen molar-refractivity contribution in [3.63, 3.8) is 0 Å². The lowest BCUT2D eigenvalue weighted by Crippen LogP contribution is -2.24. The van der Waals surface area contributed by atoms with E-state index in [4.69, 9.17) is 9.47 Å². The zero-order chi connectivity index (χ0) is 17.9. The van der Waals surface area contributed by atoms with Crippen molar-refractivity contribution in [3.05, 3.63) is 55.5 Å². The van der Waals surface area contributed by atoms with Gasteiger partial charge in [-0.2, -0.15) is 0 Å². The normalized spacial score (nSPS) is 17.0. The molecule has 0 heterocycles. The number of ketones is 2. The minimum atomic E-state index is -0.747. The molecule has 4 rings (SSSR count). The molecule has 0 bridgehead atoms. The Morgan fingerprint density at radius 1 is 0.800 bits per heavy atom. The monoisotopic (exact) mass is 464 g/mol. The van der Waals surface area contributed by atoms with Crippen molar-refractivity contribution >= 4 is 43.4 Å². The third-order valence-corrected chi connectivity index (χ3v) is 6.43. The summed E-state index contributed by atoms with van der Waals surface area (Å²) < 4.78 is 12.6. The molecular formula is C19H14Br2O4. The van der Waals surface area contributed by atoms with Crippen molar-refractivity contribution in [1.29, 1.82) is 0 Å². The number of carbonyl (C=O) groups excluding carboxylic acids is 2. The largest absolute Gasteiger partial charge is 0.496 e. The molecule has 0 unspecified atom stereocenters. The first-order valence-electron chi connectivity index (χ1n) is 7.75. The Morgan fingerprint density at radius 2 is 1.20 bits per heavy atom. The number of hydrogen-bond acceptors (Lipinski definition) is 4. The molecule has 0 N–H and O–H groups in total. The summed E-state index contributed by atoms with van der Waals surface area (Å²) in [6, 6.07) is 7.28. The number of Topliss-reactive ketones (excluding diaryl/α,β-unsaturated/α-hetero) is 2. The predicted octanol–water partition coefficient (Wildman–Crippen LogP) is 4.69. The second-order valence-electron chi connectivity index (χ2n) is 6.28. The van der Waals surface area contributed by atoms with Crippen LogP contribution in [-0.4, -0.2) is 25.8 Å². The number of fused-ring (bicyclic) bond motifs is 4. The van der Waals surface area contributed by atoms with E-state index in [2.05, 4.69) is 31.9 Å². The van der Waals surface area contributed by atoms with Crippen LogP contribution < -0.4 is 9.47 Å². The van der Waals surface area contributed by atoms with Crippen molar-refractivity contribution < 1.29 is 19.1 Å². The van der Waals surface area contributed by atoms with E-state index in [0.29, 0.717) is 22.6 Å². The molecule has 0 radical (unpaired) electrons. The molecule has 0 aliphatic heterocycles. The highest BCUT2D eigenvalue weighted by atomic mass is 79.9. The van der Waals surface area contributed by atoms with Crippen LogP contribution in [0, 0.1) is 0 Å². The quantitative estimate of drug-likeness (QED) is 0.645. The Labute approximate surface area is 161 Å². The molecule has 0 saturated carbocycles. The fourth-order valence-electron chi connectivity index (χ4n) is 4.22. The van der Waals surface area contributed by atoms with Gasteiger partial charge in [-0.3, -0.25) is 9.59 Å². The molecule has 2 aromatic rings. The van der Waals surface area contributed by atoms with Gasteiger partial charge in [0.15, 0.2) is 11.6 Å². The van der Waals surface area contributed by atoms with E-state index in [0.717, 1.165) is 20.1 Å². The highest BCUT2D eigenvalue weighted by Crippen LogP contribution is 2.59. The SMILES string of the molecule is COc1ccc(Br)c2c1C1(CC2=O)CC(=O)c2c(Br)ccc(OC)c21. The topological polar surface area (TPSA) is 52.6 Å². The Kier molecular flexibility index (Phi) is 3.81. The minimum Gasteiger partial charge on any atom is -0.496 e. The van der Waals surface area contributed by atoms with Crippen LogP contribution in [0.15, 0.2) is 33.2 Å². The molecule has 1 spiro atoms. The van der Waals surface area contributed by atoms with Crippen LogP contribution in [0.4, 0.5) is 0 Å². The molecular weight excluding hydrogens is 452 g/mol. The Morgan fingerprint density at radius 3 is 1.56 bits per heavy atom. The number of carbonyl (C=O) groups is 2. The number of rotatable bonds is 2. The standard InChI is InChI=1S/C19H14Br2O4/c1-24-13-5-3-9(20)15-11(22)7-19(17(13)15)8-12(23)16-10(21)4-6-14(25-2)18(16)19/h3-6H,7-8H2,1-2H3. The molecule has 4 nitrogen and oxygen atoms in total. The number of ether oxygens (including phenoxy) is 2. The Bertz CT molecular complexity index is 871. The summed E-state index contributed by atoms with van der Waals surface area (Å²) in [5, 5.41) is 0. The van der Waals surface area contributed by atoms with Gasteiger partial charge in [0, 0.05) is 49.5 Å². The van der Waals surface area contributed by atoms with E-state index in [9.17, 15) is 9.59 Å². The minimum absolute atomic E-state index is 0.00320. The molecule has 0 fully saturated rings. The summed E-state index contributed by atoms with van der Waals surface area (Å²) in [6.45, 7) is 0. The van der Waals surface area contributed by atoms with Gasteiger partial charge in [-0.05, 0) is 24.3 Å². The van der Waals surface area contributed by atoms with Crippen molar-refractivity contribution in [2.75, 3.05) is 14.2 Å². The van der Waals surface area contributed by atoms with Crippen LogP contribution in [0.2, 0.25) is 0 Å². The summed E-state index contributed by atoms with van der Waals surface area (Å²) in [7, 11) is 3.16. The van der Waals surface area contributed by atoms with Gasteiger partial charge in [-0.15, -0.1) is 0 Å². The zero-order valence-electron chi connectivity index (χ0n) is 13.6. The van der Waals surface area contributed by atoms with Crippen LogP contribution >= 0.6 is 31.9 Å². The van der Waals surface area contributed by atoms with Crippen LogP contribution in [-0.2, 0) is 5.41 Å². The summed E-state index contributed by atoms with van der Waals surface area (Å²) in [6.07, 6.45) is 0.458. The van der Waals surface area contributed by atoms with E-state index in [1.165, 1.54) is 0 Å². The maximum Gasteiger partial charge on any atom is 0.165 e. The van der Waals surface area contributed by atoms with Crippen LogP contribution in [0.5, 0.6) is 11.5 Å². The lowest BCUT2D eigenvalue weighted by Gasteiger charge is -2.28. The molecule has 0 amide bonds. The highest BCUT2D eigenvalue weighted by Gasteiger charge is 2.55.